The number of anilines is 2. The van der Waals surface area contributed by atoms with Crippen LogP contribution in [-0.2, 0) is 0 Å². The van der Waals surface area contributed by atoms with Crippen LogP contribution in [0.25, 0.3) is 0 Å². The minimum atomic E-state index is -0.251. The molecule has 0 aromatic heterocycles. The van der Waals surface area contributed by atoms with Crippen LogP contribution in [0.2, 0.25) is 0 Å². The van der Waals surface area contributed by atoms with E-state index in [0.717, 1.165) is 4.47 Å². The highest BCUT2D eigenvalue weighted by molar-refractivity contribution is 9.10. The van der Waals surface area contributed by atoms with Crippen molar-refractivity contribution in [1.29, 1.82) is 0 Å². The van der Waals surface area contributed by atoms with Crippen molar-refractivity contribution < 1.29 is 4.79 Å². The van der Waals surface area contributed by atoms with Crippen molar-refractivity contribution in [3.05, 3.63) is 22.7 Å². The highest BCUT2D eigenvalue weighted by Crippen LogP contribution is 2.22. The highest BCUT2D eigenvalue weighted by atomic mass is 79.9. The van der Waals surface area contributed by atoms with Gasteiger partial charge in [-0.05, 0) is 32.0 Å². The fourth-order valence-corrected chi connectivity index (χ4v) is 1.45. The number of rotatable bonds is 2. The number of carbonyl (C=O) groups is 1. The average molecular weight is 272 g/mol. The second kappa shape index (κ2) is 5.02. The van der Waals surface area contributed by atoms with E-state index < -0.39 is 0 Å². The van der Waals surface area contributed by atoms with Gasteiger partial charge in [0.2, 0.25) is 0 Å². The van der Waals surface area contributed by atoms with Gasteiger partial charge in [0.15, 0.2) is 0 Å². The molecular formula is C10H14BrN3O. The fraction of sp³-hybridized carbons (Fsp3) is 0.300. The molecule has 0 spiro atoms. The third-order valence-electron chi connectivity index (χ3n) is 1.68. The zero-order valence-electron chi connectivity index (χ0n) is 8.67. The molecule has 0 fully saturated rings. The summed E-state index contributed by atoms with van der Waals surface area (Å²) in [6.07, 6.45) is 0. The smallest absolute Gasteiger partial charge is 0.319 e. The lowest BCUT2D eigenvalue weighted by Crippen LogP contribution is -2.34. The normalized spacial score (nSPS) is 10.1. The van der Waals surface area contributed by atoms with Gasteiger partial charge >= 0.3 is 6.03 Å². The number of urea groups is 1. The number of nitrogens with two attached hydrogens (primary N) is 1. The zero-order chi connectivity index (χ0) is 11.4. The maximum Gasteiger partial charge on any atom is 0.319 e. The van der Waals surface area contributed by atoms with E-state index in [1.807, 2.05) is 19.9 Å². The summed E-state index contributed by atoms with van der Waals surface area (Å²) in [6, 6.07) is 5.16. The van der Waals surface area contributed by atoms with Crippen LogP contribution in [0, 0.1) is 0 Å². The number of hydrogen-bond acceptors (Lipinski definition) is 2. The fourth-order valence-electron chi connectivity index (χ4n) is 1.07. The van der Waals surface area contributed by atoms with Gasteiger partial charge in [0, 0.05) is 10.5 Å². The zero-order valence-corrected chi connectivity index (χ0v) is 10.3. The van der Waals surface area contributed by atoms with Crippen molar-refractivity contribution in [2.75, 3.05) is 11.1 Å². The number of amides is 2. The number of nitrogens with one attached hydrogen (secondary N) is 2. The molecule has 4 nitrogen and oxygen atoms in total. The van der Waals surface area contributed by atoms with Crippen LogP contribution in [0.5, 0.6) is 0 Å². The van der Waals surface area contributed by atoms with Gasteiger partial charge in [-0.25, -0.2) is 4.79 Å². The largest absolute Gasteiger partial charge is 0.397 e. The molecule has 0 unspecified atom stereocenters. The summed E-state index contributed by atoms with van der Waals surface area (Å²) in [6.45, 7) is 3.79. The number of nitrogen functional groups attached to an aromatic ring is 1. The van der Waals surface area contributed by atoms with Crippen molar-refractivity contribution in [3.8, 4) is 0 Å². The van der Waals surface area contributed by atoms with Gasteiger partial charge in [0.25, 0.3) is 0 Å². The van der Waals surface area contributed by atoms with Crippen LogP contribution in [0.3, 0.4) is 0 Å². The van der Waals surface area contributed by atoms with Gasteiger partial charge < -0.3 is 16.4 Å². The molecule has 0 atom stereocenters. The molecule has 82 valence electrons. The number of hydrogen-bond donors (Lipinski definition) is 3. The number of halogens is 1. The molecule has 5 heteroatoms. The lowest BCUT2D eigenvalue weighted by atomic mass is 10.3. The van der Waals surface area contributed by atoms with Gasteiger partial charge in [0.05, 0.1) is 11.4 Å². The molecule has 0 heterocycles. The monoisotopic (exact) mass is 271 g/mol. The van der Waals surface area contributed by atoms with Crippen LogP contribution in [-0.4, -0.2) is 12.1 Å². The Bertz CT molecular complexity index is 366. The van der Waals surface area contributed by atoms with Gasteiger partial charge in [-0.15, -0.1) is 0 Å². The van der Waals surface area contributed by atoms with Gasteiger partial charge in [-0.3, -0.25) is 0 Å². The molecule has 1 aromatic carbocycles. The molecule has 0 saturated carbocycles. The van der Waals surface area contributed by atoms with Gasteiger partial charge in [0.1, 0.15) is 0 Å². The lowest BCUT2D eigenvalue weighted by molar-refractivity contribution is 0.250. The molecule has 4 N–H and O–H groups in total. The van der Waals surface area contributed by atoms with Crippen molar-refractivity contribution in [2.45, 2.75) is 19.9 Å². The Hall–Kier alpha value is -1.23. The second-order valence-electron chi connectivity index (χ2n) is 3.48. The lowest BCUT2D eigenvalue weighted by Gasteiger charge is -2.11. The van der Waals surface area contributed by atoms with E-state index in [-0.39, 0.29) is 12.1 Å². The summed E-state index contributed by atoms with van der Waals surface area (Å²) >= 11 is 3.29. The molecule has 1 aromatic rings. The molecule has 0 aliphatic rings. The second-order valence-corrected chi connectivity index (χ2v) is 4.40. The van der Waals surface area contributed by atoms with E-state index in [1.165, 1.54) is 0 Å². The van der Waals surface area contributed by atoms with Crippen molar-refractivity contribution in [3.63, 3.8) is 0 Å². The quantitative estimate of drug-likeness (QED) is 0.724. The van der Waals surface area contributed by atoms with E-state index in [0.29, 0.717) is 11.4 Å². The third kappa shape index (κ3) is 3.79. The van der Waals surface area contributed by atoms with E-state index in [1.54, 1.807) is 12.1 Å². The maximum atomic E-state index is 11.4. The minimum absolute atomic E-state index is 0.0988. The van der Waals surface area contributed by atoms with Gasteiger partial charge in [-0.1, -0.05) is 15.9 Å². The molecule has 15 heavy (non-hydrogen) atoms. The van der Waals surface area contributed by atoms with E-state index >= 15 is 0 Å². The van der Waals surface area contributed by atoms with E-state index in [9.17, 15) is 4.79 Å². The van der Waals surface area contributed by atoms with E-state index in [2.05, 4.69) is 26.6 Å². The summed E-state index contributed by atoms with van der Waals surface area (Å²) in [5, 5.41) is 5.39. The summed E-state index contributed by atoms with van der Waals surface area (Å²) in [5.41, 5.74) is 6.87. The Kier molecular flexibility index (Phi) is 3.96. The Morgan fingerprint density at radius 2 is 2.13 bits per heavy atom. The molecule has 1 rings (SSSR count). The first-order chi connectivity index (χ1) is 6.99. The van der Waals surface area contributed by atoms with Crippen LogP contribution in [0.1, 0.15) is 13.8 Å². The van der Waals surface area contributed by atoms with Crippen molar-refractivity contribution >= 4 is 33.3 Å². The predicted octanol–water partition coefficient (Wildman–Crippen LogP) is 2.56. The van der Waals surface area contributed by atoms with Crippen LogP contribution in [0.15, 0.2) is 22.7 Å². The Labute approximate surface area is 97.4 Å². The molecule has 0 saturated heterocycles. The first-order valence-corrected chi connectivity index (χ1v) is 5.41. The molecule has 2 amide bonds. The molecule has 0 radical (unpaired) electrons. The summed E-state index contributed by atoms with van der Waals surface area (Å²) in [4.78, 5) is 11.4. The topological polar surface area (TPSA) is 67.2 Å². The third-order valence-corrected chi connectivity index (χ3v) is 2.17. The van der Waals surface area contributed by atoms with Crippen molar-refractivity contribution in [1.82, 2.24) is 5.32 Å². The van der Waals surface area contributed by atoms with Crippen LogP contribution >= 0.6 is 15.9 Å². The van der Waals surface area contributed by atoms with Crippen molar-refractivity contribution in [2.24, 2.45) is 0 Å². The van der Waals surface area contributed by atoms with E-state index in [4.69, 9.17) is 5.73 Å². The highest BCUT2D eigenvalue weighted by Gasteiger charge is 2.05. The first-order valence-electron chi connectivity index (χ1n) is 4.61. The average Bonchev–Trinajstić information content (AvgIpc) is 2.08. The number of carbonyl (C=O) groups excluding carboxylic acids is 1. The summed E-state index contributed by atoms with van der Waals surface area (Å²) in [5.74, 6) is 0. The van der Waals surface area contributed by atoms with Crippen LogP contribution < -0.4 is 16.4 Å². The maximum absolute atomic E-state index is 11.4. The molecule has 0 aliphatic heterocycles. The van der Waals surface area contributed by atoms with Crippen LogP contribution in [0.4, 0.5) is 16.2 Å². The Morgan fingerprint density at radius 1 is 1.47 bits per heavy atom. The SMILES string of the molecule is CC(C)NC(=O)Nc1ccc(Br)cc1N. The standard InChI is InChI=1S/C10H14BrN3O/c1-6(2)13-10(15)14-9-4-3-7(11)5-8(9)12/h3-6H,12H2,1-2H3,(H2,13,14,15). The number of benzene rings is 1. The Balaban J connectivity index is 2.68. The molecular weight excluding hydrogens is 258 g/mol. The first kappa shape index (κ1) is 11.8. The predicted molar refractivity (Wildman–Crippen MR) is 65.8 cm³/mol. The summed E-state index contributed by atoms with van der Waals surface area (Å²) < 4.78 is 0.884. The summed E-state index contributed by atoms with van der Waals surface area (Å²) in [7, 11) is 0. The Morgan fingerprint density at radius 3 is 2.67 bits per heavy atom. The minimum Gasteiger partial charge on any atom is -0.397 e. The van der Waals surface area contributed by atoms with Gasteiger partial charge in [-0.2, -0.15) is 0 Å². The molecule has 0 bridgehead atoms. The molecule has 0 aliphatic carbocycles.